The van der Waals surface area contributed by atoms with Crippen LogP contribution in [0.25, 0.3) is 0 Å². The zero-order valence-electron chi connectivity index (χ0n) is 10.6. The Bertz CT molecular complexity index is 876. The zero-order valence-corrected chi connectivity index (χ0v) is 13.8. The van der Waals surface area contributed by atoms with E-state index in [-0.39, 0.29) is 5.75 Å². The van der Waals surface area contributed by atoms with Crippen LogP contribution in [0.4, 0.5) is 5.69 Å². The predicted molar refractivity (Wildman–Crippen MR) is 85.7 cm³/mol. The topological polar surface area (TPSA) is 58.5 Å². The van der Waals surface area contributed by atoms with Gasteiger partial charge in [-0.15, -0.1) is 11.3 Å². The number of benzene rings is 1. The maximum atomic E-state index is 11.9. The summed E-state index contributed by atoms with van der Waals surface area (Å²) in [6.07, 6.45) is 0.485. The molecular weight excluding hydrogens is 351 g/mol. The Labute approximate surface area is 136 Å². The number of sulfone groups is 1. The molecule has 0 fully saturated rings. The fourth-order valence-electron chi connectivity index (χ4n) is 2.07. The summed E-state index contributed by atoms with van der Waals surface area (Å²) in [5.41, 5.74) is 4.18. The molecule has 1 N–H and O–H groups in total. The minimum absolute atomic E-state index is 0.142. The molecular formula is C13H10Cl2N2O2S2. The second-order valence-corrected chi connectivity index (χ2v) is 8.55. The first-order valence-corrected chi connectivity index (χ1v) is 9.34. The number of rotatable bonds is 2. The van der Waals surface area contributed by atoms with Gasteiger partial charge in [0, 0.05) is 10.6 Å². The average molecular weight is 361 g/mol. The largest absolute Gasteiger partial charge is 0.276 e. The highest BCUT2D eigenvalue weighted by Gasteiger charge is 2.27. The first-order valence-electron chi connectivity index (χ1n) is 6.05. The third kappa shape index (κ3) is 2.94. The number of fused-ring (bicyclic) bond motifs is 1. The number of anilines is 1. The van der Waals surface area contributed by atoms with Crippen LogP contribution in [0.1, 0.15) is 5.56 Å². The summed E-state index contributed by atoms with van der Waals surface area (Å²) in [4.78, 5) is 0. The molecule has 1 aromatic heterocycles. The molecule has 0 atom stereocenters. The van der Waals surface area contributed by atoms with Gasteiger partial charge < -0.3 is 0 Å². The van der Waals surface area contributed by atoms with Crippen molar-refractivity contribution in [2.45, 2.75) is 10.6 Å². The second-order valence-electron chi connectivity index (χ2n) is 4.49. The van der Waals surface area contributed by atoms with E-state index in [2.05, 4.69) is 10.5 Å². The summed E-state index contributed by atoms with van der Waals surface area (Å²) in [5.74, 6) is 0.142. The molecule has 1 aliphatic rings. The van der Waals surface area contributed by atoms with E-state index >= 15 is 0 Å². The lowest BCUT2D eigenvalue weighted by molar-refractivity contribution is 0.601. The Balaban J connectivity index is 2.03. The van der Waals surface area contributed by atoms with Crippen LogP contribution >= 0.6 is 34.5 Å². The van der Waals surface area contributed by atoms with Gasteiger partial charge in [-0.2, -0.15) is 5.10 Å². The molecule has 0 radical (unpaired) electrons. The number of nitrogens with one attached hydrogen (secondary N) is 1. The molecule has 110 valence electrons. The number of hydrogen-bond donors (Lipinski definition) is 1. The van der Waals surface area contributed by atoms with Gasteiger partial charge in [-0.3, -0.25) is 5.43 Å². The van der Waals surface area contributed by atoms with Gasteiger partial charge in [0.2, 0.25) is 0 Å². The van der Waals surface area contributed by atoms with Crippen LogP contribution in [-0.2, 0) is 16.3 Å². The molecule has 4 nitrogen and oxygen atoms in total. The number of halogens is 2. The molecule has 3 rings (SSSR count). The molecule has 0 saturated heterocycles. The van der Waals surface area contributed by atoms with E-state index in [0.29, 0.717) is 31.7 Å². The van der Waals surface area contributed by atoms with E-state index in [1.807, 2.05) is 0 Å². The third-order valence-corrected chi connectivity index (χ3v) is 6.99. The fourth-order valence-corrected chi connectivity index (χ4v) is 5.31. The SMILES string of the molecule is O=S1(=O)CCc2c1sccc2=NNc1cc(Cl)ccc1Cl. The lowest BCUT2D eigenvalue weighted by Crippen LogP contribution is -2.11. The molecule has 2 aromatic rings. The standard InChI is InChI=1S/C13H10Cl2N2O2S2/c14-8-1-2-10(15)12(7-8)17-16-11-3-5-20-13-9(11)4-6-21(13,18)19/h1-3,5,7,17H,4,6H2. The van der Waals surface area contributed by atoms with E-state index < -0.39 is 9.84 Å². The van der Waals surface area contributed by atoms with Gasteiger partial charge in [0.1, 0.15) is 4.21 Å². The van der Waals surface area contributed by atoms with Crippen LogP contribution in [0.15, 0.2) is 39.0 Å². The average Bonchev–Trinajstić information content (AvgIpc) is 2.76. The lowest BCUT2D eigenvalue weighted by atomic mass is 10.2. The normalized spacial score (nSPS) is 16.8. The number of hydrogen-bond acceptors (Lipinski definition) is 5. The minimum atomic E-state index is -3.14. The number of nitrogens with zero attached hydrogens (tertiary/aromatic N) is 1. The highest BCUT2D eigenvalue weighted by Crippen LogP contribution is 2.27. The summed E-state index contributed by atoms with van der Waals surface area (Å²) < 4.78 is 24.2. The molecule has 1 aliphatic heterocycles. The van der Waals surface area contributed by atoms with E-state index in [1.165, 1.54) is 11.3 Å². The Morgan fingerprint density at radius 1 is 1.24 bits per heavy atom. The Hall–Kier alpha value is -1.08. The van der Waals surface area contributed by atoms with Gasteiger partial charge in [-0.05, 0) is 36.1 Å². The van der Waals surface area contributed by atoms with Crippen molar-refractivity contribution in [1.82, 2.24) is 0 Å². The fraction of sp³-hybridized carbons (Fsp3) is 0.154. The molecule has 0 aliphatic carbocycles. The van der Waals surface area contributed by atoms with E-state index in [9.17, 15) is 8.42 Å². The molecule has 8 heteroatoms. The molecule has 0 saturated carbocycles. The predicted octanol–water partition coefficient (Wildman–Crippen LogP) is 3.31. The lowest BCUT2D eigenvalue weighted by Gasteiger charge is -2.04. The molecule has 21 heavy (non-hydrogen) atoms. The second kappa shape index (κ2) is 5.61. The maximum Gasteiger partial charge on any atom is 0.188 e. The van der Waals surface area contributed by atoms with Gasteiger partial charge in [0.05, 0.1) is 21.8 Å². The molecule has 1 aromatic carbocycles. The highest BCUT2D eigenvalue weighted by atomic mass is 35.5. The smallest absolute Gasteiger partial charge is 0.188 e. The van der Waals surface area contributed by atoms with Crippen molar-refractivity contribution < 1.29 is 8.42 Å². The van der Waals surface area contributed by atoms with Crippen LogP contribution < -0.4 is 10.8 Å². The van der Waals surface area contributed by atoms with E-state index in [4.69, 9.17) is 23.2 Å². The van der Waals surface area contributed by atoms with Crippen LogP contribution in [0.3, 0.4) is 0 Å². The summed E-state index contributed by atoms with van der Waals surface area (Å²) in [5, 5.41) is 7.63. The first kappa shape index (κ1) is 14.8. The van der Waals surface area contributed by atoms with Crippen LogP contribution in [-0.4, -0.2) is 14.2 Å². The molecule has 0 bridgehead atoms. The Morgan fingerprint density at radius 2 is 2.05 bits per heavy atom. The molecule has 0 spiro atoms. The highest BCUT2D eigenvalue weighted by molar-refractivity contribution is 7.93. The third-order valence-electron chi connectivity index (χ3n) is 3.09. The van der Waals surface area contributed by atoms with Crippen molar-refractivity contribution in [2.24, 2.45) is 5.10 Å². The van der Waals surface area contributed by atoms with Crippen molar-refractivity contribution in [2.75, 3.05) is 11.2 Å². The quantitative estimate of drug-likeness (QED) is 0.835. The first-order chi connectivity index (χ1) is 9.97. The van der Waals surface area contributed by atoms with Crippen LogP contribution in [0.2, 0.25) is 10.0 Å². The van der Waals surface area contributed by atoms with Gasteiger partial charge in [-0.25, -0.2) is 8.42 Å². The van der Waals surface area contributed by atoms with E-state index in [1.54, 1.807) is 29.6 Å². The maximum absolute atomic E-state index is 11.9. The zero-order chi connectivity index (χ0) is 15.0. The summed E-state index contributed by atoms with van der Waals surface area (Å²) in [7, 11) is -3.14. The van der Waals surface area contributed by atoms with Crippen LogP contribution in [0, 0.1) is 0 Å². The summed E-state index contributed by atoms with van der Waals surface area (Å²) >= 11 is 13.2. The monoisotopic (exact) mass is 360 g/mol. The summed E-state index contributed by atoms with van der Waals surface area (Å²) in [6, 6.07) is 6.80. The Kier molecular flexibility index (Phi) is 3.96. The van der Waals surface area contributed by atoms with Crippen LogP contribution in [0.5, 0.6) is 0 Å². The van der Waals surface area contributed by atoms with Crippen molar-refractivity contribution in [3.05, 3.63) is 50.6 Å². The molecule has 0 amide bonds. The van der Waals surface area contributed by atoms with Crippen molar-refractivity contribution in [3.63, 3.8) is 0 Å². The minimum Gasteiger partial charge on any atom is -0.276 e. The van der Waals surface area contributed by atoms with Gasteiger partial charge >= 0.3 is 0 Å². The van der Waals surface area contributed by atoms with Crippen molar-refractivity contribution in [3.8, 4) is 0 Å². The molecule has 2 heterocycles. The van der Waals surface area contributed by atoms with Gasteiger partial charge in [0.25, 0.3) is 0 Å². The van der Waals surface area contributed by atoms with E-state index in [0.717, 1.165) is 5.56 Å². The molecule has 0 unspecified atom stereocenters. The summed E-state index contributed by atoms with van der Waals surface area (Å²) in [6.45, 7) is 0. The van der Waals surface area contributed by atoms with Crippen molar-refractivity contribution >= 4 is 50.1 Å². The van der Waals surface area contributed by atoms with Crippen molar-refractivity contribution in [1.29, 1.82) is 0 Å². The van der Waals surface area contributed by atoms with Gasteiger partial charge in [0.15, 0.2) is 9.84 Å². The van der Waals surface area contributed by atoms with Gasteiger partial charge in [-0.1, -0.05) is 23.2 Å². The Morgan fingerprint density at radius 3 is 2.86 bits per heavy atom.